The fourth-order valence-electron chi connectivity index (χ4n) is 3.69. The van der Waals surface area contributed by atoms with Crippen molar-refractivity contribution in [2.24, 2.45) is 0 Å². The molecule has 0 N–H and O–H groups in total. The number of hydrogen-bond donors (Lipinski definition) is 0. The second-order valence-corrected chi connectivity index (χ2v) is 6.41. The summed E-state index contributed by atoms with van der Waals surface area (Å²) in [7, 11) is 0. The van der Waals surface area contributed by atoms with Crippen LogP contribution < -0.4 is 0 Å². The lowest BCUT2D eigenvalue weighted by Gasteiger charge is -2.20. The van der Waals surface area contributed by atoms with Crippen LogP contribution in [0.5, 0.6) is 0 Å². The molecule has 0 saturated heterocycles. The summed E-state index contributed by atoms with van der Waals surface area (Å²) in [5.74, 6) is 0.943. The van der Waals surface area contributed by atoms with Gasteiger partial charge in [-0.25, -0.2) is 0 Å². The zero-order chi connectivity index (χ0) is 16.8. The molecular formula is C24H26. The molecule has 0 saturated carbocycles. The van der Waals surface area contributed by atoms with Crippen LogP contribution >= 0.6 is 0 Å². The zero-order valence-corrected chi connectivity index (χ0v) is 14.7. The maximum absolute atomic E-state index is 2.42. The summed E-state index contributed by atoms with van der Waals surface area (Å²) in [6.45, 7) is 4.55. The van der Waals surface area contributed by atoms with E-state index in [0.29, 0.717) is 11.8 Å². The van der Waals surface area contributed by atoms with Crippen LogP contribution in [0.25, 0.3) is 0 Å². The van der Waals surface area contributed by atoms with Gasteiger partial charge in [0, 0.05) is 11.8 Å². The van der Waals surface area contributed by atoms with Crippen LogP contribution in [0, 0.1) is 0 Å². The molecule has 2 unspecified atom stereocenters. The minimum atomic E-state index is 0.472. The second kappa shape index (κ2) is 7.97. The van der Waals surface area contributed by atoms with Gasteiger partial charge in [-0.1, -0.05) is 98.8 Å². The van der Waals surface area contributed by atoms with Crippen molar-refractivity contribution in [1.29, 1.82) is 0 Å². The highest BCUT2D eigenvalue weighted by Crippen LogP contribution is 2.33. The van der Waals surface area contributed by atoms with Gasteiger partial charge in [0.2, 0.25) is 0 Å². The fraction of sp³-hybridized carbons (Fsp3) is 0.250. The van der Waals surface area contributed by atoms with E-state index in [4.69, 9.17) is 0 Å². The van der Waals surface area contributed by atoms with Crippen molar-refractivity contribution in [2.45, 2.75) is 38.5 Å². The molecule has 0 radical (unpaired) electrons. The third-order valence-electron chi connectivity index (χ3n) is 4.94. The van der Waals surface area contributed by atoms with E-state index in [1.165, 1.54) is 22.3 Å². The number of rotatable bonds is 6. The minimum absolute atomic E-state index is 0.472. The van der Waals surface area contributed by atoms with Crippen LogP contribution in [0.15, 0.2) is 84.9 Å². The molecule has 0 heteroatoms. The van der Waals surface area contributed by atoms with E-state index >= 15 is 0 Å². The van der Waals surface area contributed by atoms with Crippen molar-refractivity contribution in [2.75, 3.05) is 0 Å². The standard InChI is InChI=1S/C24H26/c1-3-23(19-12-7-5-8-13-19)21-16-11-17-22(18-21)24(4-2)20-14-9-6-10-15-20/h5-18,23-24H,3-4H2,1-2H3. The largest absolute Gasteiger partial charge is 0.0645 e. The Morgan fingerprint density at radius 3 is 1.25 bits per heavy atom. The van der Waals surface area contributed by atoms with Crippen LogP contribution in [-0.2, 0) is 0 Å². The summed E-state index contributed by atoms with van der Waals surface area (Å²) in [5, 5.41) is 0. The molecule has 0 spiro atoms. The first kappa shape index (κ1) is 16.5. The van der Waals surface area contributed by atoms with E-state index in [0.717, 1.165) is 12.8 Å². The monoisotopic (exact) mass is 314 g/mol. The average Bonchev–Trinajstić information content (AvgIpc) is 2.65. The Balaban J connectivity index is 1.96. The quantitative estimate of drug-likeness (QED) is 0.471. The summed E-state index contributed by atoms with van der Waals surface area (Å²) in [6.07, 6.45) is 2.24. The van der Waals surface area contributed by atoms with Crippen LogP contribution in [0.4, 0.5) is 0 Å². The van der Waals surface area contributed by atoms with Gasteiger partial charge < -0.3 is 0 Å². The van der Waals surface area contributed by atoms with Gasteiger partial charge >= 0.3 is 0 Å². The van der Waals surface area contributed by atoms with E-state index in [2.05, 4.69) is 98.8 Å². The van der Waals surface area contributed by atoms with Gasteiger partial charge in [0.25, 0.3) is 0 Å². The fourth-order valence-corrected chi connectivity index (χ4v) is 3.69. The van der Waals surface area contributed by atoms with Gasteiger partial charge in [0.1, 0.15) is 0 Å². The SMILES string of the molecule is CCC(c1ccccc1)c1cccc(C(CC)c2ccccc2)c1. The molecule has 0 bridgehead atoms. The molecular weight excluding hydrogens is 288 g/mol. The Kier molecular flexibility index (Phi) is 5.48. The van der Waals surface area contributed by atoms with Gasteiger partial charge in [-0.15, -0.1) is 0 Å². The van der Waals surface area contributed by atoms with Crippen molar-refractivity contribution in [3.63, 3.8) is 0 Å². The van der Waals surface area contributed by atoms with Crippen LogP contribution in [0.3, 0.4) is 0 Å². The van der Waals surface area contributed by atoms with Gasteiger partial charge in [0.05, 0.1) is 0 Å². The first-order valence-electron chi connectivity index (χ1n) is 9.03. The van der Waals surface area contributed by atoms with Crippen molar-refractivity contribution in [3.05, 3.63) is 107 Å². The normalized spacial score (nSPS) is 13.4. The molecule has 0 nitrogen and oxygen atoms in total. The maximum Gasteiger partial charge on any atom is 0.00868 e. The van der Waals surface area contributed by atoms with Crippen LogP contribution in [0.1, 0.15) is 60.8 Å². The Morgan fingerprint density at radius 1 is 0.500 bits per heavy atom. The molecule has 3 aromatic rings. The van der Waals surface area contributed by atoms with E-state index in [1.807, 2.05) is 0 Å². The maximum atomic E-state index is 2.42. The molecule has 0 aliphatic rings. The average molecular weight is 314 g/mol. The lowest BCUT2D eigenvalue weighted by molar-refractivity contribution is 0.754. The van der Waals surface area contributed by atoms with E-state index in [9.17, 15) is 0 Å². The summed E-state index contributed by atoms with van der Waals surface area (Å²) >= 11 is 0. The van der Waals surface area contributed by atoms with E-state index in [1.54, 1.807) is 0 Å². The molecule has 0 amide bonds. The third kappa shape index (κ3) is 3.59. The van der Waals surface area contributed by atoms with Gasteiger partial charge in [-0.3, -0.25) is 0 Å². The summed E-state index contributed by atoms with van der Waals surface area (Å²) < 4.78 is 0. The molecule has 2 atom stereocenters. The van der Waals surface area contributed by atoms with Gasteiger partial charge in [0.15, 0.2) is 0 Å². The summed E-state index contributed by atoms with van der Waals surface area (Å²) in [4.78, 5) is 0. The van der Waals surface area contributed by atoms with Crippen molar-refractivity contribution < 1.29 is 0 Å². The molecule has 122 valence electrons. The molecule has 0 aliphatic carbocycles. The smallest absolute Gasteiger partial charge is 0.00868 e. The Morgan fingerprint density at radius 2 is 0.875 bits per heavy atom. The van der Waals surface area contributed by atoms with E-state index in [-0.39, 0.29) is 0 Å². The first-order valence-corrected chi connectivity index (χ1v) is 9.03. The Hall–Kier alpha value is -2.34. The molecule has 0 heterocycles. The Labute approximate surface area is 146 Å². The van der Waals surface area contributed by atoms with Crippen LogP contribution in [-0.4, -0.2) is 0 Å². The lowest BCUT2D eigenvalue weighted by Crippen LogP contribution is -2.04. The topological polar surface area (TPSA) is 0 Å². The highest BCUT2D eigenvalue weighted by atomic mass is 14.2. The lowest BCUT2D eigenvalue weighted by atomic mass is 9.84. The number of benzene rings is 3. The Bertz CT molecular complexity index is 681. The molecule has 24 heavy (non-hydrogen) atoms. The predicted molar refractivity (Wildman–Crippen MR) is 104 cm³/mol. The number of hydrogen-bond acceptors (Lipinski definition) is 0. The molecule has 0 fully saturated rings. The third-order valence-corrected chi connectivity index (χ3v) is 4.94. The first-order chi connectivity index (χ1) is 11.8. The van der Waals surface area contributed by atoms with Crippen molar-refractivity contribution in [1.82, 2.24) is 0 Å². The molecule has 3 rings (SSSR count). The molecule has 0 aromatic heterocycles. The van der Waals surface area contributed by atoms with Gasteiger partial charge in [-0.2, -0.15) is 0 Å². The second-order valence-electron chi connectivity index (χ2n) is 6.41. The zero-order valence-electron chi connectivity index (χ0n) is 14.7. The van der Waals surface area contributed by atoms with Crippen molar-refractivity contribution >= 4 is 0 Å². The summed E-state index contributed by atoms with van der Waals surface area (Å²) in [5.41, 5.74) is 5.67. The minimum Gasteiger partial charge on any atom is -0.0645 e. The highest BCUT2D eigenvalue weighted by Gasteiger charge is 2.16. The molecule has 3 aromatic carbocycles. The summed E-state index contributed by atoms with van der Waals surface area (Å²) in [6, 6.07) is 30.9. The van der Waals surface area contributed by atoms with E-state index < -0.39 is 0 Å². The predicted octanol–water partition coefficient (Wildman–Crippen LogP) is 6.77. The highest BCUT2D eigenvalue weighted by molar-refractivity contribution is 5.39. The van der Waals surface area contributed by atoms with Crippen LogP contribution in [0.2, 0.25) is 0 Å². The van der Waals surface area contributed by atoms with Crippen molar-refractivity contribution in [3.8, 4) is 0 Å². The van der Waals surface area contributed by atoms with Gasteiger partial charge in [-0.05, 0) is 35.1 Å². The molecule has 0 aliphatic heterocycles.